The summed E-state index contributed by atoms with van der Waals surface area (Å²) < 4.78 is 13.5. The van der Waals surface area contributed by atoms with Crippen LogP contribution in [0.3, 0.4) is 0 Å². The second-order valence-corrected chi connectivity index (χ2v) is 8.37. The van der Waals surface area contributed by atoms with Gasteiger partial charge in [-0.05, 0) is 78.7 Å². The molecule has 0 unspecified atom stereocenters. The van der Waals surface area contributed by atoms with Crippen molar-refractivity contribution in [2.45, 2.75) is 13.5 Å². The van der Waals surface area contributed by atoms with Gasteiger partial charge in [0.2, 0.25) is 0 Å². The first-order valence-corrected chi connectivity index (χ1v) is 11.7. The minimum absolute atomic E-state index is 0.150. The summed E-state index contributed by atoms with van der Waals surface area (Å²) in [7, 11) is 0. The summed E-state index contributed by atoms with van der Waals surface area (Å²) in [6, 6.07) is 25.1. The van der Waals surface area contributed by atoms with Gasteiger partial charge in [-0.1, -0.05) is 18.2 Å². The molecule has 1 amide bonds. The van der Waals surface area contributed by atoms with Crippen molar-refractivity contribution in [3.05, 3.63) is 114 Å². The number of nitrogens with one attached hydrogen (secondary N) is 1. The minimum Gasteiger partial charge on any atom is -0.490 e. The van der Waals surface area contributed by atoms with Crippen molar-refractivity contribution in [1.29, 1.82) is 0 Å². The summed E-state index contributed by atoms with van der Waals surface area (Å²) >= 11 is 0. The molecule has 0 aliphatic carbocycles. The second-order valence-electron chi connectivity index (χ2n) is 8.37. The zero-order chi connectivity index (χ0) is 24.7. The maximum Gasteiger partial charge on any atom is 0.251 e. The van der Waals surface area contributed by atoms with E-state index < -0.39 is 0 Å². The molecule has 7 nitrogen and oxygen atoms in total. The first-order chi connectivity index (χ1) is 17.7. The van der Waals surface area contributed by atoms with Gasteiger partial charge in [0.05, 0.1) is 11.0 Å². The van der Waals surface area contributed by atoms with Gasteiger partial charge in [-0.25, -0.2) is 4.98 Å². The third kappa shape index (κ3) is 5.52. The molecule has 2 heterocycles. The van der Waals surface area contributed by atoms with Crippen LogP contribution < -0.4 is 14.8 Å². The molecule has 0 aliphatic rings. The van der Waals surface area contributed by atoms with E-state index in [0.29, 0.717) is 25.3 Å². The predicted molar refractivity (Wildman–Crippen MR) is 139 cm³/mol. The quantitative estimate of drug-likeness (QED) is 0.298. The number of pyridine rings is 1. The largest absolute Gasteiger partial charge is 0.490 e. The van der Waals surface area contributed by atoms with Crippen LogP contribution in [0, 0.1) is 6.92 Å². The van der Waals surface area contributed by atoms with E-state index in [2.05, 4.69) is 15.3 Å². The van der Waals surface area contributed by atoms with Crippen LogP contribution in [-0.4, -0.2) is 33.7 Å². The molecule has 3 aromatic carbocycles. The van der Waals surface area contributed by atoms with Gasteiger partial charge >= 0.3 is 0 Å². The molecule has 0 saturated heterocycles. The summed E-state index contributed by atoms with van der Waals surface area (Å²) in [5.74, 6) is 1.46. The molecular formula is C29H26N4O3. The number of hydrogen-bond donors (Lipinski definition) is 1. The molecule has 7 heteroatoms. The molecule has 0 atom stereocenters. The normalized spacial score (nSPS) is 10.8. The Morgan fingerprint density at radius 3 is 2.53 bits per heavy atom. The SMILES string of the molecule is Cc1cccc(OCCOc2ccc(-n3cnc4cc(C(=O)NCc5cccnc5)ccc43)cc2)c1. The second kappa shape index (κ2) is 10.7. The van der Waals surface area contributed by atoms with E-state index in [4.69, 9.17) is 9.47 Å². The van der Waals surface area contributed by atoms with Crippen LogP contribution in [0.2, 0.25) is 0 Å². The zero-order valence-electron chi connectivity index (χ0n) is 19.9. The van der Waals surface area contributed by atoms with Crippen molar-refractivity contribution in [2.75, 3.05) is 13.2 Å². The molecule has 0 fully saturated rings. The number of aryl methyl sites for hydroxylation is 1. The van der Waals surface area contributed by atoms with Gasteiger partial charge in [-0.15, -0.1) is 0 Å². The Bertz CT molecular complexity index is 1460. The average Bonchev–Trinajstić information content (AvgIpc) is 3.34. The Hall–Kier alpha value is -4.65. The number of rotatable bonds is 9. The lowest BCUT2D eigenvalue weighted by atomic mass is 10.1. The van der Waals surface area contributed by atoms with Crippen molar-refractivity contribution in [2.24, 2.45) is 0 Å². The lowest BCUT2D eigenvalue weighted by Crippen LogP contribution is -2.22. The van der Waals surface area contributed by atoms with Gasteiger partial charge in [0, 0.05) is 30.2 Å². The van der Waals surface area contributed by atoms with Gasteiger partial charge in [-0.2, -0.15) is 0 Å². The van der Waals surface area contributed by atoms with Crippen molar-refractivity contribution in [3.8, 4) is 17.2 Å². The van der Waals surface area contributed by atoms with Gasteiger partial charge in [0.25, 0.3) is 5.91 Å². The van der Waals surface area contributed by atoms with Crippen LogP contribution in [0.5, 0.6) is 11.5 Å². The van der Waals surface area contributed by atoms with Crippen LogP contribution in [0.4, 0.5) is 0 Å². The minimum atomic E-state index is -0.150. The highest BCUT2D eigenvalue weighted by molar-refractivity contribution is 5.97. The summed E-state index contributed by atoms with van der Waals surface area (Å²) in [5.41, 5.74) is 5.29. The van der Waals surface area contributed by atoms with E-state index in [1.54, 1.807) is 24.8 Å². The summed E-state index contributed by atoms with van der Waals surface area (Å²) in [5, 5.41) is 2.92. The Balaban J connectivity index is 1.19. The molecular weight excluding hydrogens is 452 g/mol. The number of hydrogen-bond acceptors (Lipinski definition) is 5. The Kier molecular flexibility index (Phi) is 6.89. The summed E-state index contributed by atoms with van der Waals surface area (Å²) in [6.45, 7) is 3.38. The average molecular weight is 479 g/mol. The number of carbonyl (C=O) groups is 1. The van der Waals surface area contributed by atoms with Gasteiger partial charge in [0.15, 0.2) is 0 Å². The van der Waals surface area contributed by atoms with E-state index >= 15 is 0 Å². The fraction of sp³-hybridized carbons (Fsp3) is 0.138. The van der Waals surface area contributed by atoms with E-state index in [9.17, 15) is 4.79 Å². The van der Waals surface area contributed by atoms with E-state index in [0.717, 1.165) is 39.3 Å². The number of amides is 1. The highest BCUT2D eigenvalue weighted by Crippen LogP contribution is 2.22. The van der Waals surface area contributed by atoms with E-state index in [1.165, 1.54) is 0 Å². The molecule has 2 aromatic heterocycles. The first-order valence-electron chi connectivity index (χ1n) is 11.7. The standard InChI is InChI=1S/C29H26N4O3/c1-21-4-2-6-26(16-21)36-15-14-35-25-10-8-24(9-11-25)33-20-32-27-17-23(7-12-28(27)33)29(34)31-19-22-5-3-13-30-18-22/h2-13,16-18,20H,14-15,19H2,1H3,(H,31,34). The number of carbonyl (C=O) groups excluding carboxylic acids is 1. The zero-order valence-corrected chi connectivity index (χ0v) is 19.9. The smallest absolute Gasteiger partial charge is 0.251 e. The summed E-state index contributed by atoms with van der Waals surface area (Å²) in [6.07, 6.45) is 5.20. The fourth-order valence-electron chi connectivity index (χ4n) is 3.87. The maximum absolute atomic E-state index is 12.6. The van der Waals surface area contributed by atoms with Crippen LogP contribution in [0.1, 0.15) is 21.5 Å². The Morgan fingerprint density at radius 1 is 0.917 bits per heavy atom. The number of nitrogens with zero attached hydrogens (tertiary/aromatic N) is 3. The molecule has 0 bridgehead atoms. The van der Waals surface area contributed by atoms with Gasteiger partial charge in [-0.3, -0.25) is 14.3 Å². The van der Waals surface area contributed by atoms with Crippen molar-refractivity contribution in [3.63, 3.8) is 0 Å². The highest BCUT2D eigenvalue weighted by atomic mass is 16.5. The lowest BCUT2D eigenvalue weighted by molar-refractivity contribution is 0.0951. The van der Waals surface area contributed by atoms with Crippen molar-refractivity contribution in [1.82, 2.24) is 19.9 Å². The number of benzene rings is 3. The first kappa shape index (κ1) is 23.1. The molecule has 0 spiro atoms. The number of aromatic nitrogens is 3. The van der Waals surface area contributed by atoms with Crippen LogP contribution in [0.15, 0.2) is 97.6 Å². The fourth-order valence-corrected chi connectivity index (χ4v) is 3.87. The van der Waals surface area contributed by atoms with Crippen molar-refractivity contribution < 1.29 is 14.3 Å². The molecule has 0 aliphatic heterocycles. The molecule has 36 heavy (non-hydrogen) atoms. The Morgan fingerprint density at radius 2 is 1.75 bits per heavy atom. The maximum atomic E-state index is 12.6. The number of imidazole rings is 1. The predicted octanol–water partition coefficient (Wildman–Crippen LogP) is 5.12. The monoisotopic (exact) mass is 478 g/mol. The topological polar surface area (TPSA) is 78.3 Å². The molecule has 5 rings (SSSR count). The number of fused-ring (bicyclic) bond motifs is 1. The van der Waals surface area contributed by atoms with E-state index in [1.807, 2.05) is 84.3 Å². The van der Waals surface area contributed by atoms with E-state index in [-0.39, 0.29) is 5.91 Å². The third-order valence-corrected chi connectivity index (χ3v) is 5.71. The van der Waals surface area contributed by atoms with Gasteiger partial charge < -0.3 is 14.8 Å². The lowest BCUT2D eigenvalue weighted by Gasteiger charge is -2.10. The Labute approximate surface area is 209 Å². The van der Waals surface area contributed by atoms with Crippen LogP contribution in [-0.2, 0) is 6.54 Å². The summed E-state index contributed by atoms with van der Waals surface area (Å²) in [4.78, 5) is 21.2. The van der Waals surface area contributed by atoms with Crippen LogP contribution >= 0.6 is 0 Å². The molecule has 0 saturated carbocycles. The van der Waals surface area contributed by atoms with Crippen molar-refractivity contribution >= 4 is 16.9 Å². The number of ether oxygens (including phenoxy) is 2. The van der Waals surface area contributed by atoms with Gasteiger partial charge in [0.1, 0.15) is 31.0 Å². The molecule has 180 valence electrons. The third-order valence-electron chi connectivity index (χ3n) is 5.71. The molecule has 1 N–H and O–H groups in total. The highest BCUT2D eigenvalue weighted by Gasteiger charge is 2.10. The molecule has 0 radical (unpaired) electrons. The van der Waals surface area contributed by atoms with Crippen LogP contribution in [0.25, 0.3) is 16.7 Å². The molecule has 5 aromatic rings.